The van der Waals surface area contributed by atoms with Crippen molar-refractivity contribution in [1.29, 1.82) is 0 Å². The van der Waals surface area contributed by atoms with Crippen LogP contribution in [0.3, 0.4) is 0 Å². The Bertz CT molecular complexity index is 499. The summed E-state index contributed by atoms with van der Waals surface area (Å²) in [6.07, 6.45) is -0.998. The van der Waals surface area contributed by atoms with Crippen LogP contribution >= 0.6 is 0 Å². The summed E-state index contributed by atoms with van der Waals surface area (Å²) in [5.74, 6) is -1.32. The minimum Gasteiger partial charge on any atom is -0.398 e. The lowest BCUT2D eigenvalue weighted by atomic mass is 10.1. The molecule has 0 radical (unpaired) electrons. The Morgan fingerprint density at radius 3 is 2.53 bits per heavy atom. The predicted octanol–water partition coefficient (Wildman–Crippen LogP) is 1.20. The van der Waals surface area contributed by atoms with Crippen molar-refractivity contribution in [3.05, 3.63) is 24.0 Å². The first-order chi connectivity index (χ1) is 7.74. The molecule has 3 N–H and O–H groups in total. The molecular formula is C11H16FNO3S. The van der Waals surface area contributed by atoms with Gasteiger partial charge in [0.1, 0.15) is 5.82 Å². The molecule has 0 aromatic heterocycles. The Balaban J connectivity index is 3.09. The summed E-state index contributed by atoms with van der Waals surface area (Å²) in [6.45, 7) is 3.41. The second-order valence-electron chi connectivity index (χ2n) is 4.27. The summed E-state index contributed by atoms with van der Waals surface area (Å²) in [6, 6.07) is 3.16. The normalized spacial score (nSPS) is 13.9. The van der Waals surface area contributed by atoms with E-state index in [1.54, 1.807) is 13.8 Å². The molecule has 0 aliphatic heterocycles. The summed E-state index contributed by atoms with van der Waals surface area (Å²) in [4.78, 5) is -0.266. The molecule has 17 heavy (non-hydrogen) atoms. The fraction of sp³-hybridized carbons (Fsp3) is 0.455. The number of benzene rings is 1. The van der Waals surface area contributed by atoms with Crippen LogP contribution in [0.2, 0.25) is 0 Å². The van der Waals surface area contributed by atoms with Gasteiger partial charge in [0.25, 0.3) is 0 Å². The van der Waals surface area contributed by atoms with Gasteiger partial charge in [0.15, 0.2) is 9.84 Å². The molecule has 0 bridgehead atoms. The number of aliphatic hydroxyl groups is 1. The highest BCUT2D eigenvalue weighted by atomic mass is 32.2. The molecule has 0 aliphatic carbocycles. The smallest absolute Gasteiger partial charge is 0.183 e. The highest BCUT2D eigenvalue weighted by molar-refractivity contribution is 7.91. The number of hydrogen-bond acceptors (Lipinski definition) is 4. The number of rotatable bonds is 4. The van der Waals surface area contributed by atoms with Crippen LogP contribution in [0.1, 0.15) is 13.8 Å². The number of hydrogen-bond donors (Lipinski definition) is 2. The SMILES string of the molecule is CC(C)C(O)CS(=O)(=O)c1cc(F)ccc1N. The van der Waals surface area contributed by atoms with Gasteiger partial charge in [-0.05, 0) is 24.1 Å². The lowest BCUT2D eigenvalue weighted by molar-refractivity contribution is 0.147. The summed E-state index contributed by atoms with van der Waals surface area (Å²) >= 11 is 0. The molecule has 0 amide bonds. The zero-order valence-corrected chi connectivity index (χ0v) is 10.5. The number of nitrogen functional groups attached to an aromatic ring is 1. The molecule has 0 fully saturated rings. The van der Waals surface area contributed by atoms with Crippen LogP contribution in [0.5, 0.6) is 0 Å². The number of nitrogens with two attached hydrogens (primary N) is 1. The van der Waals surface area contributed by atoms with Crippen LogP contribution in [0.4, 0.5) is 10.1 Å². The van der Waals surface area contributed by atoms with Crippen molar-refractivity contribution in [1.82, 2.24) is 0 Å². The van der Waals surface area contributed by atoms with E-state index in [1.165, 1.54) is 6.07 Å². The number of sulfone groups is 1. The highest BCUT2D eigenvalue weighted by Gasteiger charge is 2.24. The minimum absolute atomic E-state index is 0.0117. The highest BCUT2D eigenvalue weighted by Crippen LogP contribution is 2.22. The first kappa shape index (κ1) is 13.9. The van der Waals surface area contributed by atoms with Gasteiger partial charge in [0.05, 0.1) is 22.4 Å². The van der Waals surface area contributed by atoms with Gasteiger partial charge < -0.3 is 10.8 Å². The van der Waals surface area contributed by atoms with Gasteiger partial charge in [-0.25, -0.2) is 12.8 Å². The fourth-order valence-electron chi connectivity index (χ4n) is 1.28. The average Bonchev–Trinajstić information content (AvgIpc) is 2.20. The lowest BCUT2D eigenvalue weighted by Gasteiger charge is -2.15. The number of aliphatic hydroxyl groups excluding tert-OH is 1. The zero-order valence-electron chi connectivity index (χ0n) is 9.72. The van der Waals surface area contributed by atoms with E-state index in [9.17, 15) is 17.9 Å². The molecule has 96 valence electrons. The third-order valence-electron chi connectivity index (χ3n) is 2.47. The Morgan fingerprint density at radius 1 is 1.41 bits per heavy atom. The first-order valence-electron chi connectivity index (χ1n) is 5.20. The van der Waals surface area contributed by atoms with Crippen molar-refractivity contribution in [2.24, 2.45) is 5.92 Å². The fourth-order valence-corrected chi connectivity index (χ4v) is 3.02. The molecule has 0 spiro atoms. The molecule has 0 saturated heterocycles. The lowest BCUT2D eigenvalue weighted by Crippen LogP contribution is -2.26. The van der Waals surface area contributed by atoms with Crippen molar-refractivity contribution in [3.8, 4) is 0 Å². The molecule has 0 saturated carbocycles. The van der Waals surface area contributed by atoms with Crippen molar-refractivity contribution in [3.63, 3.8) is 0 Å². The van der Waals surface area contributed by atoms with Crippen LogP contribution in [0.25, 0.3) is 0 Å². The molecule has 1 unspecified atom stereocenters. The van der Waals surface area contributed by atoms with E-state index in [2.05, 4.69) is 0 Å². The van der Waals surface area contributed by atoms with Crippen LogP contribution < -0.4 is 5.73 Å². The first-order valence-corrected chi connectivity index (χ1v) is 6.85. The van der Waals surface area contributed by atoms with Gasteiger partial charge >= 0.3 is 0 Å². The summed E-state index contributed by atoms with van der Waals surface area (Å²) in [5.41, 5.74) is 5.49. The van der Waals surface area contributed by atoms with Gasteiger partial charge in [0, 0.05) is 0 Å². The third-order valence-corrected chi connectivity index (χ3v) is 4.27. The Kier molecular flexibility index (Phi) is 4.11. The second kappa shape index (κ2) is 5.01. The quantitative estimate of drug-likeness (QED) is 0.798. The molecule has 1 aromatic rings. The van der Waals surface area contributed by atoms with Crippen LogP contribution in [-0.4, -0.2) is 25.4 Å². The van der Waals surface area contributed by atoms with Gasteiger partial charge in [-0.3, -0.25) is 0 Å². The summed E-state index contributed by atoms with van der Waals surface area (Å²) in [5, 5.41) is 9.57. The largest absolute Gasteiger partial charge is 0.398 e. The minimum atomic E-state index is -3.77. The Labute approximate surface area is 100 Å². The van der Waals surface area contributed by atoms with Crippen molar-refractivity contribution < 1.29 is 17.9 Å². The van der Waals surface area contributed by atoms with Crippen molar-refractivity contribution >= 4 is 15.5 Å². The zero-order chi connectivity index (χ0) is 13.2. The standard InChI is InChI=1S/C11H16FNO3S/c1-7(2)10(14)6-17(15,16)11-5-8(12)3-4-9(11)13/h3-5,7,10,14H,6,13H2,1-2H3. The topological polar surface area (TPSA) is 80.4 Å². The van der Waals surface area contributed by atoms with Crippen molar-refractivity contribution in [2.75, 3.05) is 11.5 Å². The van der Waals surface area contributed by atoms with E-state index in [-0.39, 0.29) is 16.5 Å². The molecule has 1 aromatic carbocycles. The van der Waals surface area contributed by atoms with Crippen LogP contribution in [0.15, 0.2) is 23.1 Å². The van der Waals surface area contributed by atoms with E-state index < -0.39 is 27.5 Å². The number of anilines is 1. The Hall–Kier alpha value is -1.14. The number of halogens is 1. The van der Waals surface area contributed by atoms with Gasteiger partial charge in [-0.15, -0.1) is 0 Å². The van der Waals surface area contributed by atoms with Crippen LogP contribution in [0, 0.1) is 11.7 Å². The molecule has 6 heteroatoms. The van der Waals surface area contributed by atoms with Gasteiger partial charge in [-0.1, -0.05) is 13.8 Å². The second-order valence-corrected chi connectivity index (χ2v) is 6.28. The van der Waals surface area contributed by atoms with E-state index in [4.69, 9.17) is 5.73 Å². The molecule has 1 rings (SSSR count). The third kappa shape index (κ3) is 3.41. The summed E-state index contributed by atoms with van der Waals surface area (Å²) in [7, 11) is -3.77. The average molecular weight is 261 g/mol. The maximum Gasteiger partial charge on any atom is 0.183 e. The molecule has 4 nitrogen and oxygen atoms in total. The molecular weight excluding hydrogens is 245 g/mol. The summed E-state index contributed by atoms with van der Waals surface area (Å²) < 4.78 is 36.8. The van der Waals surface area contributed by atoms with Crippen LogP contribution in [-0.2, 0) is 9.84 Å². The predicted molar refractivity (Wildman–Crippen MR) is 63.7 cm³/mol. The molecule has 1 atom stereocenters. The van der Waals surface area contributed by atoms with Gasteiger partial charge in [-0.2, -0.15) is 0 Å². The van der Waals surface area contributed by atoms with E-state index in [0.29, 0.717) is 0 Å². The monoisotopic (exact) mass is 261 g/mol. The van der Waals surface area contributed by atoms with Crippen molar-refractivity contribution in [2.45, 2.75) is 24.8 Å². The van der Waals surface area contributed by atoms with E-state index in [1.807, 2.05) is 0 Å². The molecule has 0 heterocycles. The molecule has 0 aliphatic rings. The Morgan fingerprint density at radius 2 is 2.00 bits per heavy atom. The maximum atomic E-state index is 13.0. The maximum absolute atomic E-state index is 13.0. The van der Waals surface area contributed by atoms with E-state index in [0.717, 1.165) is 12.1 Å². The van der Waals surface area contributed by atoms with E-state index >= 15 is 0 Å². The van der Waals surface area contributed by atoms with Gasteiger partial charge in [0.2, 0.25) is 0 Å².